The topological polar surface area (TPSA) is 79.9 Å². The standard InChI is InChI=1S/C18H16O5/c1-22-16-10-11(6-8-13(16)19)7-9-15-18(21)17(20)12-4-2-3-5-14(12)23-15/h2-6,8,10,19,21H,7,9H2,1H3. The average molecular weight is 312 g/mol. The summed E-state index contributed by atoms with van der Waals surface area (Å²) in [6, 6.07) is 11.8. The Morgan fingerprint density at radius 1 is 1.09 bits per heavy atom. The number of para-hydroxylation sites is 1. The Hall–Kier alpha value is -2.95. The lowest BCUT2D eigenvalue weighted by Crippen LogP contribution is -2.05. The fourth-order valence-corrected chi connectivity index (χ4v) is 2.48. The van der Waals surface area contributed by atoms with Gasteiger partial charge < -0.3 is 19.4 Å². The number of rotatable bonds is 4. The van der Waals surface area contributed by atoms with E-state index in [0.717, 1.165) is 5.56 Å². The first-order valence-electron chi connectivity index (χ1n) is 7.19. The highest BCUT2D eigenvalue weighted by Crippen LogP contribution is 2.27. The van der Waals surface area contributed by atoms with Crippen molar-refractivity contribution in [3.05, 3.63) is 64.0 Å². The molecule has 2 N–H and O–H groups in total. The molecule has 0 radical (unpaired) electrons. The van der Waals surface area contributed by atoms with Gasteiger partial charge in [-0.25, -0.2) is 0 Å². The molecule has 3 rings (SSSR count). The number of benzene rings is 2. The third kappa shape index (κ3) is 2.85. The lowest BCUT2D eigenvalue weighted by atomic mass is 10.1. The van der Waals surface area contributed by atoms with E-state index in [1.54, 1.807) is 42.5 Å². The molecule has 3 aromatic rings. The van der Waals surface area contributed by atoms with Gasteiger partial charge in [-0.2, -0.15) is 0 Å². The second kappa shape index (κ2) is 6.04. The molecule has 0 fully saturated rings. The Bertz CT molecular complexity index is 911. The number of phenols is 1. The van der Waals surface area contributed by atoms with E-state index in [1.807, 2.05) is 0 Å². The van der Waals surface area contributed by atoms with Crippen LogP contribution in [0.25, 0.3) is 11.0 Å². The van der Waals surface area contributed by atoms with Crippen LogP contribution in [0.5, 0.6) is 17.2 Å². The Balaban J connectivity index is 1.90. The van der Waals surface area contributed by atoms with Crippen molar-refractivity contribution in [3.63, 3.8) is 0 Å². The van der Waals surface area contributed by atoms with Gasteiger partial charge in [0.25, 0.3) is 0 Å². The first-order valence-corrected chi connectivity index (χ1v) is 7.19. The molecule has 0 atom stereocenters. The van der Waals surface area contributed by atoms with Crippen LogP contribution < -0.4 is 10.2 Å². The van der Waals surface area contributed by atoms with Gasteiger partial charge in [-0.05, 0) is 36.2 Å². The molecule has 0 bridgehead atoms. The van der Waals surface area contributed by atoms with Gasteiger partial charge in [-0.3, -0.25) is 4.79 Å². The van der Waals surface area contributed by atoms with Crippen molar-refractivity contribution in [2.75, 3.05) is 7.11 Å². The molecule has 5 nitrogen and oxygen atoms in total. The number of ether oxygens (including phenoxy) is 1. The van der Waals surface area contributed by atoms with E-state index in [2.05, 4.69) is 0 Å². The Morgan fingerprint density at radius 3 is 2.65 bits per heavy atom. The van der Waals surface area contributed by atoms with Crippen LogP contribution in [0, 0.1) is 0 Å². The molecule has 0 amide bonds. The minimum atomic E-state index is -0.426. The van der Waals surface area contributed by atoms with Gasteiger partial charge in [0.05, 0.1) is 12.5 Å². The van der Waals surface area contributed by atoms with Crippen molar-refractivity contribution >= 4 is 11.0 Å². The van der Waals surface area contributed by atoms with Crippen LogP contribution in [-0.2, 0) is 12.8 Å². The summed E-state index contributed by atoms with van der Waals surface area (Å²) in [5.74, 6) is 0.346. The van der Waals surface area contributed by atoms with Gasteiger partial charge >= 0.3 is 0 Å². The summed E-state index contributed by atoms with van der Waals surface area (Å²) in [6.45, 7) is 0. The Morgan fingerprint density at radius 2 is 1.87 bits per heavy atom. The molecule has 2 aromatic carbocycles. The number of hydrogen-bond donors (Lipinski definition) is 2. The maximum absolute atomic E-state index is 12.1. The Labute approximate surface area is 132 Å². The molecular formula is C18H16O5. The van der Waals surface area contributed by atoms with E-state index in [1.165, 1.54) is 7.11 Å². The van der Waals surface area contributed by atoms with Crippen molar-refractivity contribution in [1.82, 2.24) is 0 Å². The lowest BCUT2D eigenvalue weighted by molar-refractivity contribution is 0.373. The molecule has 23 heavy (non-hydrogen) atoms. The number of hydrogen-bond acceptors (Lipinski definition) is 5. The third-order valence-corrected chi connectivity index (χ3v) is 3.73. The summed E-state index contributed by atoms with van der Waals surface area (Å²) in [7, 11) is 1.48. The van der Waals surface area contributed by atoms with E-state index in [0.29, 0.717) is 29.6 Å². The highest BCUT2D eigenvalue weighted by molar-refractivity contribution is 5.77. The van der Waals surface area contributed by atoms with Crippen molar-refractivity contribution in [1.29, 1.82) is 0 Å². The smallest absolute Gasteiger partial charge is 0.234 e. The molecule has 0 aliphatic heterocycles. The maximum atomic E-state index is 12.1. The van der Waals surface area contributed by atoms with Crippen molar-refractivity contribution in [3.8, 4) is 17.2 Å². The zero-order valence-electron chi connectivity index (χ0n) is 12.6. The molecular weight excluding hydrogens is 296 g/mol. The highest BCUT2D eigenvalue weighted by Gasteiger charge is 2.13. The summed E-state index contributed by atoms with van der Waals surface area (Å²) in [4.78, 5) is 12.1. The fourth-order valence-electron chi connectivity index (χ4n) is 2.48. The zero-order chi connectivity index (χ0) is 16.4. The summed E-state index contributed by atoms with van der Waals surface area (Å²) < 4.78 is 10.7. The van der Waals surface area contributed by atoms with Gasteiger partial charge in [0.2, 0.25) is 11.2 Å². The van der Waals surface area contributed by atoms with Crippen LogP contribution in [0.1, 0.15) is 11.3 Å². The van der Waals surface area contributed by atoms with Gasteiger partial charge in [0, 0.05) is 6.42 Å². The third-order valence-electron chi connectivity index (χ3n) is 3.73. The normalized spacial score (nSPS) is 10.8. The van der Waals surface area contributed by atoms with Crippen LogP contribution in [0.4, 0.5) is 0 Å². The summed E-state index contributed by atoms with van der Waals surface area (Å²) in [5.41, 5.74) is 0.925. The lowest BCUT2D eigenvalue weighted by Gasteiger charge is -2.08. The van der Waals surface area contributed by atoms with E-state index in [4.69, 9.17) is 9.15 Å². The first kappa shape index (κ1) is 15.0. The number of fused-ring (bicyclic) bond motifs is 1. The molecule has 0 saturated carbocycles. The van der Waals surface area contributed by atoms with Gasteiger partial charge in [0.1, 0.15) is 5.58 Å². The Kier molecular flexibility index (Phi) is 3.93. The molecule has 0 aliphatic rings. The predicted octanol–water partition coefficient (Wildman–Crippen LogP) is 3.00. The van der Waals surface area contributed by atoms with Crippen LogP contribution in [0.3, 0.4) is 0 Å². The molecule has 0 aliphatic carbocycles. The van der Waals surface area contributed by atoms with Crippen LogP contribution in [-0.4, -0.2) is 17.3 Å². The minimum Gasteiger partial charge on any atom is -0.504 e. The SMILES string of the molecule is COc1cc(CCc2oc3ccccc3c(=O)c2O)ccc1O. The van der Waals surface area contributed by atoms with E-state index in [-0.39, 0.29) is 17.3 Å². The molecule has 0 spiro atoms. The van der Waals surface area contributed by atoms with E-state index < -0.39 is 5.43 Å². The number of methoxy groups -OCH3 is 1. The van der Waals surface area contributed by atoms with E-state index >= 15 is 0 Å². The second-order valence-corrected chi connectivity index (χ2v) is 5.21. The molecule has 1 aromatic heterocycles. The van der Waals surface area contributed by atoms with Crippen LogP contribution >= 0.6 is 0 Å². The monoisotopic (exact) mass is 312 g/mol. The van der Waals surface area contributed by atoms with Crippen molar-refractivity contribution in [2.24, 2.45) is 0 Å². The van der Waals surface area contributed by atoms with Gasteiger partial charge in [-0.1, -0.05) is 18.2 Å². The number of aryl methyl sites for hydroxylation is 2. The molecule has 118 valence electrons. The maximum Gasteiger partial charge on any atom is 0.234 e. The predicted molar refractivity (Wildman–Crippen MR) is 86.2 cm³/mol. The molecule has 0 saturated heterocycles. The molecule has 5 heteroatoms. The first-order chi connectivity index (χ1) is 11.1. The van der Waals surface area contributed by atoms with Gasteiger partial charge in [0.15, 0.2) is 17.3 Å². The van der Waals surface area contributed by atoms with E-state index in [9.17, 15) is 15.0 Å². The highest BCUT2D eigenvalue weighted by atomic mass is 16.5. The second-order valence-electron chi connectivity index (χ2n) is 5.21. The fraction of sp³-hybridized carbons (Fsp3) is 0.167. The molecule has 0 unspecified atom stereocenters. The van der Waals surface area contributed by atoms with Gasteiger partial charge in [-0.15, -0.1) is 0 Å². The van der Waals surface area contributed by atoms with Crippen LogP contribution in [0.15, 0.2) is 51.7 Å². The summed E-state index contributed by atoms with van der Waals surface area (Å²) in [5, 5.41) is 20.0. The number of phenolic OH excluding ortho intramolecular Hbond substituents is 1. The quantitative estimate of drug-likeness (QED) is 0.774. The average Bonchev–Trinajstić information content (AvgIpc) is 2.58. The molecule has 1 heterocycles. The van der Waals surface area contributed by atoms with Crippen molar-refractivity contribution < 1.29 is 19.4 Å². The summed E-state index contributed by atoms with van der Waals surface area (Å²) in [6.07, 6.45) is 0.894. The zero-order valence-corrected chi connectivity index (χ0v) is 12.6. The largest absolute Gasteiger partial charge is 0.504 e. The van der Waals surface area contributed by atoms with Crippen LogP contribution in [0.2, 0.25) is 0 Å². The van der Waals surface area contributed by atoms with Crippen molar-refractivity contribution in [2.45, 2.75) is 12.8 Å². The minimum absolute atomic E-state index is 0.0661. The summed E-state index contributed by atoms with van der Waals surface area (Å²) >= 11 is 0. The number of aromatic hydroxyl groups is 2.